The lowest BCUT2D eigenvalue weighted by atomic mass is 9.92. The second-order valence-corrected chi connectivity index (χ2v) is 3.79. The molecule has 4 heteroatoms. The van der Waals surface area contributed by atoms with E-state index in [0.717, 1.165) is 6.42 Å². The maximum absolute atomic E-state index is 10.5. The van der Waals surface area contributed by atoms with Crippen molar-refractivity contribution in [1.29, 1.82) is 0 Å². The van der Waals surface area contributed by atoms with Gasteiger partial charge in [-0.15, -0.1) is 0 Å². The van der Waals surface area contributed by atoms with Crippen LogP contribution in [-0.2, 0) is 9.59 Å². The van der Waals surface area contributed by atoms with Crippen molar-refractivity contribution < 1.29 is 9.59 Å². The minimum absolute atomic E-state index is 0.229. The zero-order valence-corrected chi connectivity index (χ0v) is 8.25. The van der Waals surface area contributed by atoms with Crippen molar-refractivity contribution in [3.8, 4) is 0 Å². The molecular weight excluding hydrogens is 168 g/mol. The molecule has 0 saturated carbocycles. The molecule has 0 heterocycles. The summed E-state index contributed by atoms with van der Waals surface area (Å²) in [7, 11) is 0. The SMILES string of the molecule is CC(CC(N)=O)CC(C)CC(N)=O. The van der Waals surface area contributed by atoms with Crippen LogP contribution >= 0.6 is 0 Å². The van der Waals surface area contributed by atoms with Crippen molar-refractivity contribution in [3.63, 3.8) is 0 Å². The predicted molar refractivity (Wildman–Crippen MR) is 50.6 cm³/mol. The molecule has 4 N–H and O–H groups in total. The molecule has 0 saturated heterocycles. The molecule has 0 bridgehead atoms. The number of hydrogen-bond donors (Lipinski definition) is 2. The monoisotopic (exact) mass is 186 g/mol. The van der Waals surface area contributed by atoms with E-state index in [1.807, 2.05) is 13.8 Å². The molecule has 13 heavy (non-hydrogen) atoms. The highest BCUT2D eigenvalue weighted by molar-refractivity contribution is 5.74. The zero-order valence-electron chi connectivity index (χ0n) is 8.25. The largest absolute Gasteiger partial charge is 0.370 e. The van der Waals surface area contributed by atoms with Gasteiger partial charge in [0.05, 0.1) is 0 Å². The zero-order chi connectivity index (χ0) is 10.4. The number of carbonyl (C=O) groups is 2. The third kappa shape index (κ3) is 7.31. The van der Waals surface area contributed by atoms with Gasteiger partial charge in [-0.1, -0.05) is 13.8 Å². The second kappa shape index (κ2) is 5.56. The Hall–Kier alpha value is -1.06. The Morgan fingerprint density at radius 1 is 1.00 bits per heavy atom. The Balaban J connectivity index is 3.70. The summed E-state index contributed by atoms with van der Waals surface area (Å²) in [5, 5.41) is 0. The lowest BCUT2D eigenvalue weighted by Crippen LogP contribution is -2.19. The highest BCUT2D eigenvalue weighted by Crippen LogP contribution is 2.17. The molecule has 0 aromatic rings. The summed E-state index contributed by atoms with van der Waals surface area (Å²) < 4.78 is 0. The van der Waals surface area contributed by atoms with Crippen LogP contribution in [0, 0.1) is 11.8 Å². The van der Waals surface area contributed by atoms with E-state index in [1.54, 1.807) is 0 Å². The molecule has 2 unspecified atom stereocenters. The van der Waals surface area contributed by atoms with Gasteiger partial charge in [0.2, 0.25) is 11.8 Å². The van der Waals surface area contributed by atoms with Crippen LogP contribution in [0.5, 0.6) is 0 Å². The summed E-state index contributed by atoms with van der Waals surface area (Å²) in [4.78, 5) is 21.1. The topological polar surface area (TPSA) is 86.2 Å². The van der Waals surface area contributed by atoms with Gasteiger partial charge in [0.25, 0.3) is 0 Å². The molecule has 0 aromatic carbocycles. The van der Waals surface area contributed by atoms with Crippen molar-refractivity contribution in [2.45, 2.75) is 33.1 Å². The van der Waals surface area contributed by atoms with Crippen LogP contribution in [0.3, 0.4) is 0 Å². The normalized spacial score (nSPS) is 14.9. The van der Waals surface area contributed by atoms with E-state index in [1.165, 1.54) is 0 Å². The van der Waals surface area contributed by atoms with Gasteiger partial charge in [0.15, 0.2) is 0 Å². The fraction of sp³-hybridized carbons (Fsp3) is 0.778. The predicted octanol–water partition coefficient (Wildman–Crippen LogP) is 0.399. The highest BCUT2D eigenvalue weighted by Gasteiger charge is 2.12. The molecule has 2 amide bonds. The van der Waals surface area contributed by atoms with Crippen LogP contribution < -0.4 is 11.5 Å². The molecule has 2 atom stereocenters. The minimum Gasteiger partial charge on any atom is -0.370 e. The summed E-state index contributed by atoms with van der Waals surface area (Å²) in [5.41, 5.74) is 10.1. The quantitative estimate of drug-likeness (QED) is 0.629. The molecule has 76 valence electrons. The van der Waals surface area contributed by atoms with Crippen LogP contribution in [0.4, 0.5) is 0 Å². The van der Waals surface area contributed by atoms with Crippen molar-refractivity contribution in [3.05, 3.63) is 0 Å². The van der Waals surface area contributed by atoms with Gasteiger partial charge in [-0.05, 0) is 18.3 Å². The molecule has 0 fully saturated rings. The van der Waals surface area contributed by atoms with E-state index < -0.39 is 0 Å². The third-order valence-electron chi connectivity index (χ3n) is 1.90. The van der Waals surface area contributed by atoms with Crippen molar-refractivity contribution in [1.82, 2.24) is 0 Å². The number of hydrogen-bond acceptors (Lipinski definition) is 2. The fourth-order valence-corrected chi connectivity index (χ4v) is 1.54. The minimum atomic E-state index is -0.293. The number of rotatable bonds is 6. The third-order valence-corrected chi connectivity index (χ3v) is 1.90. The number of primary amides is 2. The molecule has 0 aliphatic carbocycles. The molecule has 0 aliphatic heterocycles. The van der Waals surface area contributed by atoms with Crippen LogP contribution in [-0.4, -0.2) is 11.8 Å². The molecule has 0 rings (SSSR count). The Morgan fingerprint density at radius 3 is 1.54 bits per heavy atom. The first-order valence-corrected chi connectivity index (χ1v) is 4.48. The Bertz CT molecular complexity index is 172. The maximum atomic E-state index is 10.5. The van der Waals surface area contributed by atoms with E-state index in [-0.39, 0.29) is 23.7 Å². The molecular formula is C9H18N2O2. The number of amides is 2. The summed E-state index contributed by atoms with van der Waals surface area (Å²) in [6.45, 7) is 3.89. The first-order chi connectivity index (χ1) is 5.91. The summed E-state index contributed by atoms with van der Waals surface area (Å²) in [6.07, 6.45) is 1.57. The van der Waals surface area contributed by atoms with Gasteiger partial charge in [-0.3, -0.25) is 9.59 Å². The standard InChI is InChI=1S/C9H18N2O2/c1-6(4-8(10)12)3-7(2)5-9(11)13/h6-7H,3-5H2,1-2H3,(H2,10,12)(H2,11,13). The van der Waals surface area contributed by atoms with Gasteiger partial charge < -0.3 is 11.5 Å². The van der Waals surface area contributed by atoms with Gasteiger partial charge in [-0.2, -0.15) is 0 Å². The van der Waals surface area contributed by atoms with Crippen LogP contribution in [0.1, 0.15) is 33.1 Å². The first kappa shape index (κ1) is 11.9. The van der Waals surface area contributed by atoms with Crippen LogP contribution in [0.25, 0.3) is 0 Å². The average molecular weight is 186 g/mol. The first-order valence-electron chi connectivity index (χ1n) is 4.48. The summed E-state index contributed by atoms with van der Waals surface area (Å²) >= 11 is 0. The number of carbonyl (C=O) groups excluding carboxylic acids is 2. The summed E-state index contributed by atoms with van der Waals surface area (Å²) in [6, 6.07) is 0. The van der Waals surface area contributed by atoms with E-state index in [9.17, 15) is 9.59 Å². The van der Waals surface area contributed by atoms with Crippen LogP contribution in [0.2, 0.25) is 0 Å². The van der Waals surface area contributed by atoms with Crippen LogP contribution in [0.15, 0.2) is 0 Å². The van der Waals surface area contributed by atoms with E-state index in [0.29, 0.717) is 12.8 Å². The second-order valence-electron chi connectivity index (χ2n) is 3.79. The van der Waals surface area contributed by atoms with Gasteiger partial charge in [0.1, 0.15) is 0 Å². The van der Waals surface area contributed by atoms with Crippen molar-refractivity contribution in [2.24, 2.45) is 23.3 Å². The Labute approximate surface area is 78.7 Å². The number of nitrogens with two attached hydrogens (primary N) is 2. The Kier molecular flexibility index (Phi) is 5.11. The van der Waals surface area contributed by atoms with E-state index >= 15 is 0 Å². The lowest BCUT2D eigenvalue weighted by molar-refractivity contribution is -0.119. The summed E-state index contributed by atoms with van der Waals surface area (Å²) in [5.74, 6) is -0.128. The van der Waals surface area contributed by atoms with Gasteiger partial charge >= 0.3 is 0 Å². The van der Waals surface area contributed by atoms with E-state index in [2.05, 4.69) is 0 Å². The average Bonchev–Trinajstić information content (AvgIpc) is 1.80. The Morgan fingerprint density at radius 2 is 1.31 bits per heavy atom. The smallest absolute Gasteiger partial charge is 0.217 e. The van der Waals surface area contributed by atoms with Gasteiger partial charge in [0, 0.05) is 12.8 Å². The van der Waals surface area contributed by atoms with Gasteiger partial charge in [-0.25, -0.2) is 0 Å². The lowest BCUT2D eigenvalue weighted by Gasteiger charge is -2.14. The maximum Gasteiger partial charge on any atom is 0.217 e. The molecule has 0 aromatic heterocycles. The van der Waals surface area contributed by atoms with Crippen molar-refractivity contribution >= 4 is 11.8 Å². The fourth-order valence-electron chi connectivity index (χ4n) is 1.54. The molecule has 0 spiro atoms. The molecule has 0 aliphatic rings. The van der Waals surface area contributed by atoms with E-state index in [4.69, 9.17) is 11.5 Å². The molecule has 4 nitrogen and oxygen atoms in total. The molecule has 0 radical (unpaired) electrons. The highest BCUT2D eigenvalue weighted by atomic mass is 16.1. The van der Waals surface area contributed by atoms with Crippen molar-refractivity contribution in [2.75, 3.05) is 0 Å².